The molecule has 1 aromatic carbocycles. The minimum atomic E-state index is -0.321. The van der Waals surface area contributed by atoms with Crippen LogP contribution in [0, 0.1) is 0 Å². The lowest BCUT2D eigenvalue weighted by Gasteiger charge is -2.21. The molecule has 0 aliphatic heterocycles. The smallest absolute Gasteiger partial charge is 0.245 e. The van der Waals surface area contributed by atoms with E-state index in [9.17, 15) is 4.79 Å². The quantitative estimate of drug-likeness (QED) is 0.652. The second-order valence-electron chi connectivity index (χ2n) is 6.08. The number of rotatable bonds is 6. The van der Waals surface area contributed by atoms with Crippen LogP contribution in [-0.4, -0.2) is 22.9 Å². The first kappa shape index (κ1) is 15.4. The van der Waals surface area contributed by atoms with Gasteiger partial charge >= 0.3 is 0 Å². The molecule has 0 saturated carbocycles. The van der Waals surface area contributed by atoms with Gasteiger partial charge in [-0.05, 0) is 5.56 Å². The van der Waals surface area contributed by atoms with Gasteiger partial charge in [-0.1, -0.05) is 44.2 Å². The molecule has 0 N–H and O–H groups in total. The molecule has 0 amide bonds. The number of carbonyl (C=O) groups excluding carboxylic acids is 1. The zero-order valence-electron chi connectivity index (χ0n) is 13.2. The number of benzene rings is 1. The van der Waals surface area contributed by atoms with E-state index in [2.05, 4.69) is 9.97 Å². The molecule has 3 rings (SSSR count). The Bertz CT molecular complexity index is 810. The molecule has 5 nitrogen and oxygen atoms in total. The minimum absolute atomic E-state index is 0.294. The monoisotopic (exact) mass is 310 g/mol. The second-order valence-corrected chi connectivity index (χ2v) is 6.08. The van der Waals surface area contributed by atoms with Gasteiger partial charge in [-0.2, -0.15) is 0 Å². The maximum atomic E-state index is 10.8. The standard InChI is InChI=1S/C18H18N2O3/c1-18(2,12-22-11-13-6-4-3-5-7-13)16-8-15-17(23-16)19-9-14(10-21)20-15/h3-10H,11-12H2,1-2H3. The third-order valence-corrected chi connectivity index (χ3v) is 3.62. The van der Waals surface area contributed by atoms with Crippen molar-refractivity contribution in [3.63, 3.8) is 0 Å². The van der Waals surface area contributed by atoms with Crippen molar-refractivity contribution in [1.29, 1.82) is 0 Å². The number of aromatic nitrogens is 2. The van der Waals surface area contributed by atoms with E-state index in [1.165, 1.54) is 6.20 Å². The fraction of sp³-hybridized carbons (Fsp3) is 0.278. The van der Waals surface area contributed by atoms with E-state index in [-0.39, 0.29) is 5.41 Å². The summed E-state index contributed by atoms with van der Waals surface area (Å²) in [7, 11) is 0. The van der Waals surface area contributed by atoms with Crippen LogP contribution in [0.5, 0.6) is 0 Å². The fourth-order valence-electron chi connectivity index (χ4n) is 2.30. The van der Waals surface area contributed by atoms with Gasteiger partial charge in [0, 0.05) is 11.5 Å². The van der Waals surface area contributed by atoms with Crippen molar-refractivity contribution in [3.05, 3.63) is 59.6 Å². The molecule has 0 unspecified atom stereocenters. The van der Waals surface area contributed by atoms with E-state index in [0.717, 1.165) is 11.3 Å². The van der Waals surface area contributed by atoms with Crippen LogP contribution < -0.4 is 0 Å². The van der Waals surface area contributed by atoms with Crippen LogP contribution in [0.15, 0.2) is 47.0 Å². The SMILES string of the molecule is CC(C)(COCc1ccccc1)c1cc2nc(C=O)cnc2o1. The van der Waals surface area contributed by atoms with Crippen molar-refractivity contribution in [2.24, 2.45) is 0 Å². The van der Waals surface area contributed by atoms with Gasteiger partial charge in [0.25, 0.3) is 0 Å². The van der Waals surface area contributed by atoms with Crippen molar-refractivity contribution >= 4 is 17.5 Å². The predicted molar refractivity (Wildman–Crippen MR) is 86.3 cm³/mol. The Hall–Kier alpha value is -2.53. The molecule has 0 spiro atoms. The Labute approximate surface area is 134 Å². The number of ether oxygens (including phenoxy) is 1. The summed E-state index contributed by atoms with van der Waals surface area (Å²) >= 11 is 0. The fourth-order valence-corrected chi connectivity index (χ4v) is 2.30. The van der Waals surface area contributed by atoms with Crippen molar-refractivity contribution < 1.29 is 13.9 Å². The summed E-state index contributed by atoms with van der Waals surface area (Å²) in [6.07, 6.45) is 2.08. The predicted octanol–water partition coefficient (Wildman–Crippen LogP) is 3.53. The normalized spacial score (nSPS) is 11.7. The topological polar surface area (TPSA) is 65.2 Å². The summed E-state index contributed by atoms with van der Waals surface area (Å²) in [6, 6.07) is 11.8. The van der Waals surface area contributed by atoms with Crippen molar-refractivity contribution in [2.75, 3.05) is 6.61 Å². The molecule has 0 atom stereocenters. The summed E-state index contributed by atoms with van der Waals surface area (Å²) in [4.78, 5) is 19.1. The summed E-state index contributed by atoms with van der Waals surface area (Å²) in [5, 5.41) is 0. The zero-order valence-corrected chi connectivity index (χ0v) is 13.2. The van der Waals surface area contributed by atoms with Crippen molar-refractivity contribution in [2.45, 2.75) is 25.9 Å². The van der Waals surface area contributed by atoms with E-state index >= 15 is 0 Å². The van der Waals surface area contributed by atoms with Crippen LogP contribution in [0.4, 0.5) is 0 Å². The summed E-state index contributed by atoms with van der Waals surface area (Å²) in [6.45, 7) is 5.13. The number of hydrogen-bond acceptors (Lipinski definition) is 5. The van der Waals surface area contributed by atoms with Crippen LogP contribution >= 0.6 is 0 Å². The number of hydrogen-bond donors (Lipinski definition) is 0. The highest BCUT2D eigenvalue weighted by molar-refractivity contribution is 5.77. The zero-order chi connectivity index (χ0) is 16.3. The molecule has 118 valence electrons. The second kappa shape index (κ2) is 6.30. The Balaban J connectivity index is 1.72. The summed E-state index contributed by atoms with van der Waals surface area (Å²) in [5.74, 6) is 0.739. The largest absolute Gasteiger partial charge is 0.441 e. The summed E-state index contributed by atoms with van der Waals surface area (Å²) in [5.41, 5.74) is 2.12. The lowest BCUT2D eigenvalue weighted by atomic mass is 9.91. The molecule has 0 saturated heterocycles. The van der Waals surface area contributed by atoms with Crippen LogP contribution in [0.25, 0.3) is 11.2 Å². The van der Waals surface area contributed by atoms with E-state index in [4.69, 9.17) is 9.15 Å². The highest BCUT2D eigenvalue weighted by atomic mass is 16.5. The number of nitrogens with zero attached hydrogens (tertiary/aromatic N) is 2. The van der Waals surface area contributed by atoms with E-state index in [1.54, 1.807) is 0 Å². The lowest BCUT2D eigenvalue weighted by Crippen LogP contribution is -2.23. The maximum absolute atomic E-state index is 10.8. The number of fused-ring (bicyclic) bond motifs is 1. The van der Waals surface area contributed by atoms with Crippen LogP contribution in [0.2, 0.25) is 0 Å². The van der Waals surface area contributed by atoms with Gasteiger partial charge in [0.05, 0.1) is 19.4 Å². The number of carbonyl (C=O) groups is 1. The first-order valence-electron chi connectivity index (χ1n) is 7.42. The van der Waals surface area contributed by atoms with E-state index in [0.29, 0.717) is 36.4 Å². The Kier molecular flexibility index (Phi) is 4.21. The molecule has 0 fully saturated rings. The van der Waals surface area contributed by atoms with Gasteiger partial charge in [0.1, 0.15) is 17.0 Å². The third-order valence-electron chi connectivity index (χ3n) is 3.62. The molecule has 2 heterocycles. The van der Waals surface area contributed by atoms with Crippen LogP contribution in [-0.2, 0) is 16.8 Å². The van der Waals surface area contributed by atoms with Crippen molar-refractivity contribution in [3.8, 4) is 0 Å². The van der Waals surface area contributed by atoms with Gasteiger partial charge in [-0.3, -0.25) is 4.79 Å². The Morgan fingerprint density at radius 3 is 2.78 bits per heavy atom. The first-order chi connectivity index (χ1) is 11.1. The average Bonchev–Trinajstić information content (AvgIpc) is 2.99. The molecule has 23 heavy (non-hydrogen) atoms. The molecule has 0 bridgehead atoms. The third kappa shape index (κ3) is 3.46. The molecular formula is C18H18N2O3. The molecule has 3 aromatic rings. The van der Waals surface area contributed by atoms with Gasteiger partial charge in [-0.15, -0.1) is 0 Å². The van der Waals surface area contributed by atoms with E-state index < -0.39 is 0 Å². The van der Waals surface area contributed by atoms with Gasteiger partial charge in [0.2, 0.25) is 5.71 Å². The Morgan fingerprint density at radius 1 is 1.26 bits per heavy atom. The molecule has 2 aromatic heterocycles. The molecular weight excluding hydrogens is 292 g/mol. The molecule has 0 radical (unpaired) electrons. The number of aldehydes is 1. The average molecular weight is 310 g/mol. The molecule has 0 aliphatic carbocycles. The van der Waals surface area contributed by atoms with Gasteiger partial charge in [-0.25, -0.2) is 9.97 Å². The van der Waals surface area contributed by atoms with Crippen LogP contribution in [0.1, 0.15) is 35.7 Å². The number of furan rings is 1. The lowest BCUT2D eigenvalue weighted by molar-refractivity contribution is 0.0754. The van der Waals surface area contributed by atoms with Gasteiger partial charge < -0.3 is 9.15 Å². The molecule has 0 aliphatic rings. The maximum Gasteiger partial charge on any atom is 0.245 e. The highest BCUT2D eigenvalue weighted by Gasteiger charge is 2.26. The highest BCUT2D eigenvalue weighted by Crippen LogP contribution is 2.28. The minimum Gasteiger partial charge on any atom is -0.441 e. The van der Waals surface area contributed by atoms with Crippen LogP contribution in [0.3, 0.4) is 0 Å². The molecule has 5 heteroatoms. The Morgan fingerprint density at radius 2 is 2.04 bits per heavy atom. The first-order valence-corrected chi connectivity index (χ1v) is 7.42. The van der Waals surface area contributed by atoms with Gasteiger partial charge in [0.15, 0.2) is 6.29 Å². The summed E-state index contributed by atoms with van der Waals surface area (Å²) < 4.78 is 11.6. The van der Waals surface area contributed by atoms with Crippen molar-refractivity contribution in [1.82, 2.24) is 9.97 Å². The van der Waals surface area contributed by atoms with E-state index in [1.807, 2.05) is 50.2 Å².